The zero-order valence-corrected chi connectivity index (χ0v) is 20.0. The summed E-state index contributed by atoms with van der Waals surface area (Å²) < 4.78 is 10.8. The van der Waals surface area contributed by atoms with Crippen molar-refractivity contribution in [3.8, 4) is 0 Å². The molecule has 0 aliphatic heterocycles. The Kier molecular flexibility index (Phi) is 7.46. The van der Waals surface area contributed by atoms with Gasteiger partial charge in [-0.15, -0.1) is 0 Å². The van der Waals surface area contributed by atoms with Crippen LogP contribution in [0.15, 0.2) is 30.5 Å². The van der Waals surface area contributed by atoms with E-state index in [1.54, 1.807) is 66.7 Å². The fourth-order valence-electron chi connectivity index (χ4n) is 2.59. The molecule has 0 unspecified atom stereocenters. The molecule has 32 heavy (non-hydrogen) atoms. The topological polar surface area (TPSA) is 118 Å². The largest absolute Gasteiger partial charge is 0.444 e. The van der Waals surface area contributed by atoms with E-state index < -0.39 is 23.4 Å². The van der Waals surface area contributed by atoms with E-state index in [0.29, 0.717) is 16.9 Å². The number of hydrogen-bond donors (Lipinski definition) is 2. The summed E-state index contributed by atoms with van der Waals surface area (Å²) in [7, 11) is 0. The maximum Gasteiger partial charge on any atom is 0.420 e. The zero-order chi connectivity index (χ0) is 24.3. The van der Waals surface area contributed by atoms with Crippen LogP contribution >= 0.6 is 11.6 Å². The smallest absolute Gasteiger partial charge is 0.420 e. The number of hydrogen-bond acceptors (Lipinski definition) is 7. The quantitative estimate of drug-likeness (QED) is 0.429. The molecule has 0 radical (unpaired) electrons. The molecule has 172 valence electrons. The molecule has 0 saturated heterocycles. The Bertz CT molecular complexity index is 1030. The molecule has 0 spiro atoms. The van der Waals surface area contributed by atoms with Gasteiger partial charge in [0, 0.05) is 23.5 Å². The van der Waals surface area contributed by atoms with Crippen LogP contribution in [0.4, 0.5) is 26.8 Å². The predicted octanol–water partition coefficient (Wildman–Crippen LogP) is 5.94. The summed E-state index contributed by atoms with van der Waals surface area (Å²) in [6, 6.07) is 6.26. The fourth-order valence-corrected chi connectivity index (χ4v) is 2.74. The molecule has 2 N–H and O–H groups in total. The van der Waals surface area contributed by atoms with Gasteiger partial charge in [0.1, 0.15) is 17.0 Å². The van der Waals surface area contributed by atoms with Crippen molar-refractivity contribution in [2.45, 2.75) is 59.7 Å². The van der Waals surface area contributed by atoms with Gasteiger partial charge in [-0.05, 0) is 78.3 Å². The highest BCUT2D eigenvalue weighted by Crippen LogP contribution is 2.31. The average Bonchev–Trinajstić information content (AvgIpc) is 2.59. The lowest BCUT2D eigenvalue weighted by Crippen LogP contribution is -2.34. The molecule has 2 amide bonds. The summed E-state index contributed by atoms with van der Waals surface area (Å²) in [6.07, 6.45) is 0.0801. The lowest BCUT2D eigenvalue weighted by atomic mass is 10.1. The van der Waals surface area contributed by atoms with E-state index in [4.69, 9.17) is 26.5 Å². The monoisotopic (exact) mass is 461 g/mol. The molecule has 2 rings (SSSR count). The van der Waals surface area contributed by atoms with Crippen molar-refractivity contribution in [1.29, 1.82) is 5.41 Å². The molecule has 1 heterocycles. The van der Waals surface area contributed by atoms with Crippen molar-refractivity contribution in [2.24, 2.45) is 0 Å². The number of rotatable bonds is 4. The van der Waals surface area contributed by atoms with Gasteiger partial charge >= 0.3 is 12.2 Å². The third-order valence-corrected chi connectivity index (χ3v) is 3.90. The van der Waals surface area contributed by atoms with Crippen molar-refractivity contribution >= 4 is 46.7 Å². The van der Waals surface area contributed by atoms with Gasteiger partial charge in [-0.2, -0.15) is 4.98 Å². The Morgan fingerprint density at radius 3 is 2.22 bits per heavy atom. The second-order valence-electron chi connectivity index (χ2n) is 8.98. The van der Waals surface area contributed by atoms with Gasteiger partial charge < -0.3 is 14.9 Å². The van der Waals surface area contributed by atoms with Crippen molar-refractivity contribution in [3.05, 3.63) is 41.3 Å². The molecule has 1 aromatic carbocycles. The second kappa shape index (κ2) is 9.52. The van der Waals surface area contributed by atoms with Crippen molar-refractivity contribution in [2.75, 3.05) is 10.2 Å². The first-order valence-electron chi connectivity index (χ1n) is 9.87. The van der Waals surface area contributed by atoms with Crippen molar-refractivity contribution in [3.63, 3.8) is 0 Å². The maximum atomic E-state index is 13.0. The first-order valence-corrected chi connectivity index (χ1v) is 10.3. The summed E-state index contributed by atoms with van der Waals surface area (Å²) in [5.41, 5.74) is -0.149. The van der Waals surface area contributed by atoms with Gasteiger partial charge in [0.25, 0.3) is 0 Å². The van der Waals surface area contributed by atoms with Crippen LogP contribution < -0.4 is 10.2 Å². The number of carbonyl (C=O) groups excluding carboxylic acids is 2. The third kappa shape index (κ3) is 7.19. The van der Waals surface area contributed by atoms with Gasteiger partial charge in [-0.25, -0.2) is 19.5 Å². The number of nitrogens with zero attached hydrogens (tertiary/aromatic N) is 3. The van der Waals surface area contributed by atoms with Crippen LogP contribution in [0, 0.1) is 5.41 Å². The van der Waals surface area contributed by atoms with Crippen molar-refractivity contribution < 1.29 is 19.1 Å². The molecule has 0 aliphatic carbocycles. The molecule has 0 saturated carbocycles. The minimum Gasteiger partial charge on any atom is -0.444 e. The molecule has 1 aromatic heterocycles. The van der Waals surface area contributed by atoms with Crippen LogP contribution in [0.3, 0.4) is 0 Å². The molecule has 0 bridgehead atoms. The number of halogens is 1. The summed E-state index contributed by atoms with van der Waals surface area (Å²) in [5, 5.41) is 10.8. The molecule has 0 fully saturated rings. The van der Waals surface area contributed by atoms with Crippen LogP contribution in [0.5, 0.6) is 0 Å². The van der Waals surface area contributed by atoms with Gasteiger partial charge in [0.15, 0.2) is 0 Å². The Hall–Kier alpha value is -3.20. The number of nitrogens with one attached hydrogen (secondary N) is 2. The SMILES string of the molecule is CC(=N)c1cc(N(C(=O)OC(C)(C)C)c2ccnc(Cl)n2)ccc1NC(=O)OC(C)(C)C. The lowest BCUT2D eigenvalue weighted by Gasteiger charge is -2.27. The van der Waals surface area contributed by atoms with Gasteiger partial charge in [0.2, 0.25) is 5.28 Å². The van der Waals surface area contributed by atoms with Gasteiger partial charge in [0.05, 0.1) is 11.4 Å². The van der Waals surface area contributed by atoms with E-state index in [1.807, 2.05) is 0 Å². The molecule has 0 atom stereocenters. The van der Waals surface area contributed by atoms with Crippen LogP contribution in [0.25, 0.3) is 0 Å². The highest BCUT2D eigenvalue weighted by Gasteiger charge is 2.27. The third-order valence-electron chi connectivity index (χ3n) is 3.72. The molecule has 2 aromatic rings. The summed E-state index contributed by atoms with van der Waals surface area (Å²) in [6.45, 7) is 12.1. The number of aromatic nitrogens is 2. The normalized spacial score (nSPS) is 11.5. The lowest BCUT2D eigenvalue weighted by molar-refractivity contribution is 0.0594. The van der Waals surface area contributed by atoms with E-state index in [0.717, 1.165) is 0 Å². The summed E-state index contributed by atoms with van der Waals surface area (Å²) in [4.78, 5) is 34.5. The van der Waals surface area contributed by atoms with E-state index >= 15 is 0 Å². The number of amides is 2. The number of ether oxygens (including phenoxy) is 2. The average molecular weight is 462 g/mol. The van der Waals surface area contributed by atoms with Gasteiger partial charge in [-0.1, -0.05) is 0 Å². The molecule has 0 aliphatic rings. The zero-order valence-electron chi connectivity index (χ0n) is 19.2. The minimum atomic E-state index is -0.759. The Labute approximate surface area is 192 Å². The molecule has 9 nitrogen and oxygen atoms in total. The predicted molar refractivity (Wildman–Crippen MR) is 124 cm³/mol. The van der Waals surface area contributed by atoms with Crippen LogP contribution in [-0.4, -0.2) is 39.1 Å². The Morgan fingerprint density at radius 2 is 1.69 bits per heavy atom. The van der Waals surface area contributed by atoms with E-state index in [1.165, 1.54) is 17.2 Å². The molecular formula is C22H28ClN5O4. The maximum absolute atomic E-state index is 13.0. The minimum absolute atomic E-state index is 0.0391. The first kappa shape index (κ1) is 25.1. The van der Waals surface area contributed by atoms with E-state index in [2.05, 4.69) is 15.3 Å². The van der Waals surface area contributed by atoms with Gasteiger partial charge in [-0.3, -0.25) is 5.32 Å². The highest BCUT2D eigenvalue weighted by molar-refractivity contribution is 6.28. The first-order chi connectivity index (χ1) is 14.7. The summed E-state index contributed by atoms with van der Waals surface area (Å²) in [5.74, 6) is 0.195. The summed E-state index contributed by atoms with van der Waals surface area (Å²) >= 11 is 5.93. The number of benzene rings is 1. The number of anilines is 3. The number of carbonyl (C=O) groups is 2. The fraction of sp³-hybridized carbons (Fsp3) is 0.409. The van der Waals surface area contributed by atoms with Crippen molar-refractivity contribution in [1.82, 2.24) is 9.97 Å². The standard InChI is InChI=1S/C22H28ClN5O4/c1-13(24)15-12-14(8-9-16(15)26-19(29)31-21(2,3)4)28(20(30)32-22(5,6)7)17-10-11-25-18(23)27-17/h8-12,24H,1-7H3,(H,26,29). The van der Waals surface area contributed by atoms with E-state index in [-0.39, 0.29) is 16.8 Å². The Morgan fingerprint density at radius 1 is 1.06 bits per heavy atom. The Balaban J connectivity index is 2.52. The molecular weight excluding hydrogens is 434 g/mol. The second-order valence-corrected chi connectivity index (χ2v) is 9.32. The van der Waals surface area contributed by atoms with Crippen LogP contribution in [0.1, 0.15) is 54.0 Å². The highest BCUT2D eigenvalue weighted by atomic mass is 35.5. The molecule has 10 heteroatoms. The van der Waals surface area contributed by atoms with Crippen LogP contribution in [0.2, 0.25) is 5.28 Å². The van der Waals surface area contributed by atoms with Crippen LogP contribution in [-0.2, 0) is 9.47 Å². The van der Waals surface area contributed by atoms with E-state index in [9.17, 15) is 9.59 Å².